The molecule has 0 unspecified atom stereocenters. The Morgan fingerprint density at radius 1 is 1.06 bits per heavy atom. The molecule has 1 fully saturated rings. The van der Waals surface area contributed by atoms with Crippen molar-refractivity contribution in [3.8, 4) is 17.2 Å². The Morgan fingerprint density at radius 3 is 2.50 bits per heavy atom. The van der Waals surface area contributed by atoms with Crippen molar-refractivity contribution in [3.05, 3.63) is 64.5 Å². The summed E-state index contributed by atoms with van der Waals surface area (Å²) in [4.78, 5) is 39.0. The molecule has 8 nitrogen and oxygen atoms in total. The second kappa shape index (κ2) is 10.4. The highest BCUT2D eigenvalue weighted by Crippen LogP contribution is 2.27. The van der Waals surface area contributed by atoms with E-state index in [1.54, 1.807) is 49.1 Å². The molecule has 0 bridgehead atoms. The fourth-order valence-corrected chi connectivity index (χ4v) is 3.94. The summed E-state index contributed by atoms with van der Waals surface area (Å²) in [6.07, 6.45) is 1.16. The number of carbonyl (C=O) groups is 2. The summed E-state index contributed by atoms with van der Waals surface area (Å²) in [6.45, 7) is 4.64. The first kappa shape index (κ1) is 23.4. The molecule has 0 saturated carbocycles. The van der Waals surface area contributed by atoms with Crippen LogP contribution in [0, 0.1) is 12.8 Å². The summed E-state index contributed by atoms with van der Waals surface area (Å²) < 4.78 is 22.3. The molecule has 0 atom stereocenters. The zero-order valence-electron chi connectivity index (χ0n) is 19.2. The Hall–Kier alpha value is -3.81. The number of rotatable bonds is 7. The van der Waals surface area contributed by atoms with Crippen LogP contribution in [0.25, 0.3) is 11.0 Å². The van der Waals surface area contributed by atoms with Gasteiger partial charge in [-0.3, -0.25) is 14.4 Å². The fraction of sp³-hybridized carbons (Fsp3) is 0.346. The number of esters is 1. The maximum atomic E-state index is 12.9. The van der Waals surface area contributed by atoms with Crippen LogP contribution in [0.15, 0.2) is 57.7 Å². The van der Waals surface area contributed by atoms with Crippen LogP contribution >= 0.6 is 0 Å². The number of carbonyl (C=O) groups excluding carboxylic acids is 2. The number of para-hydroxylation sites is 1. The average molecular weight is 466 g/mol. The molecule has 178 valence electrons. The van der Waals surface area contributed by atoms with Gasteiger partial charge in [0.05, 0.1) is 17.9 Å². The molecule has 1 saturated heterocycles. The Bertz CT molecular complexity index is 1230. The molecule has 1 aliphatic rings. The Morgan fingerprint density at radius 2 is 1.79 bits per heavy atom. The van der Waals surface area contributed by atoms with Crippen molar-refractivity contribution in [2.75, 3.05) is 26.3 Å². The van der Waals surface area contributed by atoms with Gasteiger partial charge >= 0.3 is 5.97 Å². The third-order valence-corrected chi connectivity index (χ3v) is 5.78. The number of hydrogen-bond acceptors (Lipinski definition) is 7. The number of likely N-dealkylation sites (tertiary alicyclic amines) is 1. The van der Waals surface area contributed by atoms with Gasteiger partial charge in [0, 0.05) is 19.2 Å². The molecule has 2 aromatic carbocycles. The second-order valence-corrected chi connectivity index (χ2v) is 8.09. The van der Waals surface area contributed by atoms with E-state index >= 15 is 0 Å². The number of hydrogen-bond donors (Lipinski definition) is 0. The van der Waals surface area contributed by atoms with Gasteiger partial charge in [-0.1, -0.05) is 18.2 Å². The van der Waals surface area contributed by atoms with E-state index in [0.29, 0.717) is 60.8 Å². The summed E-state index contributed by atoms with van der Waals surface area (Å²) in [7, 11) is 0. The van der Waals surface area contributed by atoms with Gasteiger partial charge in [0.25, 0.3) is 5.91 Å². The monoisotopic (exact) mass is 465 g/mol. The van der Waals surface area contributed by atoms with Gasteiger partial charge in [-0.2, -0.15) is 0 Å². The minimum atomic E-state index is -0.283. The number of nitrogens with zero attached hydrogens (tertiary/aromatic N) is 1. The number of ether oxygens (including phenoxy) is 3. The molecule has 0 N–H and O–H groups in total. The molecular weight excluding hydrogens is 438 g/mol. The van der Waals surface area contributed by atoms with Crippen LogP contribution in [0.3, 0.4) is 0 Å². The van der Waals surface area contributed by atoms with E-state index in [1.807, 2.05) is 18.2 Å². The molecule has 2 heterocycles. The Labute approximate surface area is 197 Å². The Kier molecular flexibility index (Phi) is 7.15. The van der Waals surface area contributed by atoms with Crippen LogP contribution in [0.4, 0.5) is 0 Å². The minimum Gasteiger partial charge on any atom is -0.484 e. The van der Waals surface area contributed by atoms with Crippen LogP contribution < -0.4 is 14.9 Å². The smallest absolute Gasteiger partial charge is 0.309 e. The molecule has 0 spiro atoms. The summed E-state index contributed by atoms with van der Waals surface area (Å²) in [5, 5.41) is 0.358. The molecular formula is C26H27NO7. The lowest BCUT2D eigenvalue weighted by Gasteiger charge is -2.30. The molecule has 4 rings (SSSR count). The number of fused-ring (bicyclic) bond motifs is 1. The largest absolute Gasteiger partial charge is 0.484 e. The Balaban J connectivity index is 1.40. The average Bonchev–Trinajstić information content (AvgIpc) is 2.86. The molecule has 0 aliphatic carbocycles. The second-order valence-electron chi connectivity index (χ2n) is 8.09. The highest BCUT2D eigenvalue weighted by atomic mass is 16.5. The summed E-state index contributed by atoms with van der Waals surface area (Å²) in [5.41, 5.74) is 0.0674. The highest BCUT2D eigenvalue weighted by Gasteiger charge is 2.28. The molecule has 8 heteroatoms. The van der Waals surface area contributed by atoms with Gasteiger partial charge in [0.1, 0.15) is 22.8 Å². The van der Waals surface area contributed by atoms with Crippen molar-refractivity contribution in [1.82, 2.24) is 4.90 Å². The normalized spacial score (nSPS) is 14.1. The maximum Gasteiger partial charge on any atom is 0.309 e. The lowest BCUT2D eigenvalue weighted by atomic mass is 9.97. The first-order valence-electron chi connectivity index (χ1n) is 11.3. The predicted molar refractivity (Wildman–Crippen MR) is 125 cm³/mol. The fourth-order valence-electron chi connectivity index (χ4n) is 3.94. The molecule has 1 amide bonds. The van der Waals surface area contributed by atoms with Gasteiger partial charge in [-0.15, -0.1) is 0 Å². The van der Waals surface area contributed by atoms with E-state index < -0.39 is 0 Å². The van der Waals surface area contributed by atoms with Crippen molar-refractivity contribution in [3.63, 3.8) is 0 Å². The number of aryl methyl sites for hydroxylation is 1. The SMILES string of the molecule is CCOC(=O)C1CCN(C(=O)COc2ccc3c(=O)c(Oc4ccccc4)c(C)oc3c2)CC1. The first-order valence-corrected chi connectivity index (χ1v) is 11.3. The maximum absolute atomic E-state index is 12.9. The summed E-state index contributed by atoms with van der Waals surface area (Å²) >= 11 is 0. The van der Waals surface area contributed by atoms with Crippen molar-refractivity contribution in [1.29, 1.82) is 0 Å². The van der Waals surface area contributed by atoms with E-state index in [4.69, 9.17) is 18.6 Å². The minimum absolute atomic E-state index is 0.133. The van der Waals surface area contributed by atoms with E-state index in [2.05, 4.69) is 0 Å². The van der Waals surface area contributed by atoms with E-state index in [-0.39, 0.29) is 35.6 Å². The zero-order valence-corrected chi connectivity index (χ0v) is 19.2. The van der Waals surface area contributed by atoms with Gasteiger partial charge in [-0.25, -0.2) is 0 Å². The standard InChI is InChI=1S/C26H27NO7/c1-3-31-26(30)18-11-13-27(14-12-18)23(28)16-32-20-9-10-21-22(15-20)33-17(2)25(24(21)29)34-19-7-5-4-6-8-19/h4-10,15,18H,3,11-14,16H2,1-2H3. The lowest BCUT2D eigenvalue weighted by Crippen LogP contribution is -2.42. The van der Waals surface area contributed by atoms with Crippen LogP contribution in [-0.2, 0) is 14.3 Å². The van der Waals surface area contributed by atoms with Crippen molar-refractivity contribution in [2.24, 2.45) is 5.92 Å². The van der Waals surface area contributed by atoms with E-state index in [0.717, 1.165) is 0 Å². The summed E-state index contributed by atoms with van der Waals surface area (Å²) in [6, 6.07) is 13.8. The lowest BCUT2D eigenvalue weighted by molar-refractivity contribution is -0.151. The quantitative estimate of drug-likeness (QED) is 0.485. The topological polar surface area (TPSA) is 95.3 Å². The number of amides is 1. The first-order chi connectivity index (χ1) is 16.5. The zero-order chi connectivity index (χ0) is 24.1. The van der Waals surface area contributed by atoms with Crippen LogP contribution in [0.1, 0.15) is 25.5 Å². The third kappa shape index (κ3) is 5.22. The predicted octanol–water partition coefficient (Wildman–Crippen LogP) is 4.07. The van der Waals surface area contributed by atoms with Gasteiger partial charge in [0.15, 0.2) is 6.61 Å². The summed E-state index contributed by atoms with van der Waals surface area (Å²) in [5.74, 6) is 0.923. The van der Waals surface area contributed by atoms with Crippen molar-refractivity contribution in [2.45, 2.75) is 26.7 Å². The molecule has 3 aromatic rings. The number of benzene rings is 2. The van der Waals surface area contributed by atoms with Crippen LogP contribution in [-0.4, -0.2) is 43.1 Å². The van der Waals surface area contributed by atoms with Crippen molar-refractivity contribution >= 4 is 22.8 Å². The molecule has 34 heavy (non-hydrogen) atoms. The number of piperidine rings is 1. The van der Waals surface area contributed by atoms with Gasteiger partial charge < -0.3 is 23.5 Å². The third-order valence-electron chi connectivity index (χ3n) is 5.78. The van der Waals surface area contributed by atoms with Gasteiger partial charge in [-0.05, 0) is 51.0 Å². The molecule has 1 aliphatic heterocycles. The van der Waals surface area contributed by atoms with Gasteiger partial charge in [0.2, 0.25) is 11.2 Å². The van der Waals surface area contributed by atoms with Crippen molar-refractivity contribution < 1.29 is 28.2 Å². The van der Waals surface area contributed by atoms with E-state index in [1.165, 1.54) is 0 Å². The van der Waals surface area contributed by atoms with Crippen LogP contribution in [0.5, 0.6) is 17.2 Å². The van der Waals surface area contributed by atoms with E-state index in [9.17, 15) is 14.4 Å². The molecule has 0 radical (unpaired) electrons. The highest BCUT2D eigenvalue weighted by molar-refractivity contribution is 5.81. The van der Waals surface area contributed by atoms with Crippen LogP contribution in [0.2, 0.25) is 0 Å². The molecule has 1 aromatic heterocycles.